The lowest BCUT2D eigenvalue weighted by Crippen LogP contribution is -2.01. The van der Waals surface area contributed by atoms with Gasteiger partial charge in [-0.15, -0.1) is 0 Å². The first-order valence-corrected chi connectivity index (χ1v) is 16.4. The molecule has 2 aromatic heterocycles. The highest BCUT2D eigenvalue weighted by atomic mass is 15.0. The summed E-state index contributed by atoms with van der Waals surface area (Å²) >= 11 is 0. The fourth-order valence-electron chi connectivity index (χ4n) is 7.45. The molecule has 0 aliphatic carbocycles. The van der Waals surface area contributed by atoms with Crippen molar-refractivity contribution in [1.29, 1.82) is 0 Å². The SMILES string of the molecule is [2H]c1c([2H])c([2H])c(-c2cccc(-c3c([2H])c([2H])c([2H])c([2H])c3[2H])c2-n2c3ccccc3c3cc(-n4c5ccccc5c5c(-c6ccccc6)cccc54)ccc32)c([2H])c1[2H]. The topological polar surface area (TPSA) is 9.86 Å². The number of nitrogens with zero attached hydrogens (tertiary/aromatic N) is 2. The highest BCUT2D eigenvalue weighted by Gasteiger charge is 2.21. The Bertz CT molecular complexity index is 3300. The van der Waals surface area contributed by atoms with Crippen LogP contribution in [-0.4, -0.2) is 9.13 Å². The van der Waals surface area contributed by atoms with Gasteiger partial charge in [-0.25, -0.2) is 0 Å². The highest BCUT2D eigenvalue weighted by molar-refractivity contribution is 6.16. The average molecular weight is 647 g/mol. The number of para-hydroxylation sites is 3. The zero-order chi connectivity index (χ0) is 41.7. The molecule has 2 nitrogen and oxygen atoms in total. The Morgan fingerprint density at radius 3 is 1.60 bits per heavy atom. The second-order valence-electron chi connectivity index (χ2n) is 12.2. The molecule has 2 heterocycles. The van der Waals surface area contributed by atoms with Crippen LogP contribution in [0, 0.1) is 0 Å². The van der Waals surface area contributed by atoms with E-state index in [1.54, 1.807) is 18.2 Å². The zero-order valence-electron chi connectivity index (χ0n) is 36.6. The Labute approximate surface area is 304 Å². The summed E-state index contributed by atoms with van der Waals surface area (Å²) in [6.45, 7) is 0. The first kappa shape index (κ1) is 20.0. The quantitative estimate of drug-likeness (QED) is 0.176. The average Bonchev–Trinajstić information content (AvgIpc) is 3.79. The first-order valence-electron chi connectivity index (χ1n) is 21.4. The summed E-state index contributed by atoms with van der Waals surface area (Å²) in [5, 5.41) is 3.92. The van der Waals surface area contributed by atoms with E-state index in [1.165, 1.54) is 0 Å². The summed E-state index contributed by atoms with van der Waals surface area (Å²) in [6, 6.07) is 38.9. The van der Waals surface area contributed by atoms with E-state index in [0.717, 1.165) is 49.4 Å². The minimum absolute atomic E-state index is 0.0766. The van der Waals surface area contributed by atoms with E-state index in [-0.39, 0.29) is 22.3 Å². The lowest BCUT2D eigenvalue weighted by atomic mass is 9.95. The molecule has 234 valence electrons. The van der Waals surface area contributed by atoms with Gasteiger partial charge in [0.1, 0.15) is 0 Å². The van der Waals surface area contributed by atoms with E-state index in [0.29, 0.717) is 16.7 Å². The number of rotatable bonds is 5. The zero-order valence-corrected chi connectivity index (χ0v) is 26.6. The summed E-state index contributed by atoms with van der Waals surface area (Å²) in [6.07, 6.45) is 0. The van der Waals surface area contributed by atoms with Gasteiger partial charge in [0.2, 0.25) is 0 Å². The van der Waals surface area contributed by atoms with Crippen LogP contribution < -0.4 is 0 Å². The fraction of sp³-hybridized carbons (Fsp3) is 0. The molecule has 0 unspecified atom stereocenters. The highest BCUT2D eigenvalue weighted by Crippen LogP contribution is 2.43. The molecule has 0 saturated heterocycles. The van der Waals surface area contributed by atoms with Crippen LogP contribution in [-0.2, 0) is 0 Å². The second kappa shape index (κ2) is 11.5. The minimum Gasteiger partial charge on any atom is -0.309 e. The Hall–Kier alpha value is -6.64. The molecule has 0 aliphatic rings. The Kier molecular flexibility index (Phi) is 4.60. The van der Waals surface area contributed by atoms with E-state index in [9.17, 15) is 0 Å². The van der Waals surface area contributed by atoms with Crippen LogP contribution in [0.4, 0.5) is 0 Å². The molecule has 0 saturated carbocycles. The molecule has 10 aromatic rings. The number of aromatic nitrogens is 2. The lowest BCUT2D eigenvalue weighted by molar-refractivity contribution is 1.17. The van der Waals surface area contributed by atoms with Crippen LogP contribution in [0.5, 0.6) is 0 Å². The lowest BCUT2D eigenvalue weighted by Gasteiger charge is -2.19. The molecule has 0 spiro atoms. The molecule has 0 amide bonds. The van der Waals surface area contributed by atoms with Crippen molar-refractivity contribution in [2.24, 2.45) is 0 Å². The van der Waals surface area contributed by atoms with Gasteiger partial charge in [0.05, 0.1) is 41.5 Å². The third-order valence-electron chi connectivity index (χ3n) is 9.50. The van der Waals surface area contributed by atoms with Crippen LogP contribution in [0.25, 0.3) is 88.4 Å². The molecule has 0 aliphatic heterocycles. The summed E-state index contributed by atoms with van der Waals surface area (Å²) in [7, 11) is 0. The molecular formula is C48H32N2. The van der Waals surface area contributed by atoms with Crippen molar-refractivity contribution in [1.82, 2.24) is 9.13 Å². The van der Waals surface area contributed by atoms with Crippen molar-refractivity contribution in [2.45, 2.75) is 0 Å². The maximum atomic E-state index is 9.04. The van der Waals surface area contributed by atoms with E-state index in [2.05, 4.69) is 53.1 Å². The third kappa shape index (κ3) is 4.36. The van der Waals surface area contributed by atoms with Gasteiger partial charge in [-0.2, -0.15) is 0 Å². The first-order chi connectivity index (χ1) is 29.0. The van der Waals surface area contributed by atoms with Crippen molar-refractivity contribution in [3.63, 3.8) is 0 Å². The van der Waals surface area contributed by atoms with Gasteiger partial charge < -0.3 is 9.13 Å². The van der Waals surface area contributed by atoms with Crippen LogP contribution >= 0.6 is 0 Å². The molecule has 0 fully saturated rings. The normalized spacial score (nSPS) is 14.4. The Balaban J connectivity index is 1.33. The van der Waals surface area contributed by atoms with Gasteiger partial charge >= 0.3 is 0 Å². The van der Waals surface area contributed by atoms with E-state index in [4.69, 9.17) is 13.7 Å². The standard InChI is InChI=1S/C48H32N2/c1-4-16-33(17-5-1)37-24-15-29-46-47(37)41-23-11-13-28-44(41)49(46)36-30-31-45-42(32-36)40-22-10-12-27-43(40)50(45)48-38(34-18-6-2-7-19-34)25-14-26-39(48)35-20-8-3-9-21-35/h1-32H/i2D,3D,6D,7D,8D,9D,18D,19D,20D,21D. The summed E-state index contributed by atoms with van der Waals surface area (Å²) < 4.78 is 91.3. The van der Waals surface area contributed by atoms with Crippen molar-refractivity contribution < 1.29 is 13.7 Å². The predicted octanol–water partition coefficient (Wildman–Crippen LogP) is 12.9. The van der Waals surface area contributed by atoms with Gasteiger partial charge in [0.15, 0.2) is 0 Å². The van der Waals surface area contributed by atoms with Crippen molar-refractivity contribution >= 4 is 43.6 Å². The van der Waals surface area contributed by atoms with E-state index in [1.807, 2.05) is 71.3 Å². The van der Waals surface area contributed by atoms with E-state index < -0.39 is 60.4 Å². The Morgan fingerprint density at radius 1 is 0.360 bits per heavy atom. The molecule has 50 heavy (non-hydrogen) atoms. The van der Waals surface area contributed by atoms with E-state index >= 15 is 0 Å². The van der Waals surface area contributed by atoms with Crippen LogP contribution in [0.1, 0.15) is 13.7 Å². The van der Waals surface area contributed by atoms with Gasteiger partial charge in [0, 0.05) is 38.4 Å². The molecule has 0 bridgehead atoms. The number of hydrogen-bond acceptors (Lipinski definition) is 0. The van der Waals surface area contributed by atoms with Gasteiger partial charge in [-0.1, -0.05) is 157 Å². The van der Waals surface area contributed by atoms with Gasteiger partial charge in [0.25, 0.3) is 0 Å². The monoisotopic (exact) mass is 646 g/mol. The van der Waals surface area contributed by atoms with Crippen molar-refractivity contribution in [3.05, 3.63) is 194 Å². The largest absolute Gasteiger partial charge is 0.309 e. The van der Waals surface area contributed by atoms with Gasteiger partial charge in [-0.05, 0) is 58.7 Å². The summed E-state index contributed by atoms with van der Waals surface area (Å²) in [5.74, 6) is 0. The smallest absolute Gasteiger partial charge is 0.0629 e. The molecule has 2 heteroatoms. The number of fused-ring (bicyclic) bond motifs is 6. The summed E-state index contributed by atoms with van der Waals surface area (Å²) in [5.41, 5.74) is 7.18. The minimum atomic E-state index is -0.539. The summed E-state index contributed by atoms with van der Waals surface area (Å²) in [4.78, 5) is 0. The predicted molar refractivity (Wildman–Crippen MR) is 211 cm³/mol. The second-order valence-corrected chi connectivity index (χ2v) is 12.2. The fourth-order valence-corrected chi connectivity index (χ4v) is 7.45. The number of hydrogen-bond donors (Lipinski definition) is 0. The van der Waals surface area contributed by atoms with Crippen LogP contribution in [0.3, 0.4) is 0 Å². The molecule has 0 atom stereocenters. The number of benzene rings is 8. The van der Waals surface area contributed by atoms with Crippen LogP contribution in [0.2, 0.25) is 0 Å². The van der Waals surface area contributed by atoms with Crippen LogP contribution in [0.15, 0.2) is 194 Å². The maximum Gasteiger partial charge on any atom is 0.0629 e. The molecule has 0 N–H and O–H groups in total. The van der Waals surface area contributed by atoms with Crippen molar-refractivity contribution in [2.75, 3.05) is 0 Å². The third-order valence-corrected chi connectivity index (χ3v) is 9.50. The molecule has 10 rings (SSSR count). The molecule has 0 radical (unpaired) electrons. The maximum absolute atomic E-state index is 9.04. The molecular weight excluding hydrogens is 605 g/mol. The van der Waals surface area contributed by atoms with Gasteiger partial charge in [-0.3, -0.25) is 0 Å². The molecule has 8 aromatic carbocycles. The Morgan fingerprint density at radius 2 is 0.900 bits per heavy atom. The van der Waals surface area contributed by atoms with Crippen molar-refractivity contribution in [3.8, 4) is 44.8 Å².